The lowest BCUT2D eigenvalue weighted by molar-refractivity contribution is -0.137. The average Bonchev–Trinajstić information content (AvgIpc) is 3.53. The number of aliphatic carboxylic acids is 1. The number of unbranched alkanes of at least 4 members (excludes halogenated alkanes) is 2. The molecule has 0 aliphatic carbocycles. The van der Waals surface area contributed by atoms with Crippen LogP contribution in [0.1, 0.15) is 36.8 Å². The van der Waals surface area contributed by atoms with Gasteiger partial charge in [0, 0.05) is 35.3 Å². The SMILES string of the molecule is O=C(O)CCCCCN1C(=O)/C(=C/c2cn(-c3ccccc3)nc2-c2ccc(OCc3ccc(Cl)cc3)cc2)SC1=S. The number of carboxylic acids is 1. The number of ether oxygens (including phenoxy) is 1. The first-order chi connectivity index (χ1) is 20.4. The molecule has 7 nitrogen and oxygen atoms in total. The zero-order chi connectivity index (χ0) is 29.5. The molecule has 2 heterocycles. The predicted molar refractivity (Wildman–Crippen MR) is 171 cm³/mol. The third-order valence-corrected chi connectivity index (χ3v) is 8.27. The van der Waals surface area contributed by atoms with E-state index >= 15 is 0 Å². The molecule has 0 bridgehead atoms. The van der Waals surface area contributed by atoms with Crippen LogP contribution in [0.5, 0.6) is 5.75 Å². The van der Waals surface area contributed by atoms with Crippen LogP contribution in [0.25, 0.3) is 23.0 Å². The summed E-state index contributed by atoms with van der Waals surface area (Å²) in [6.45, 7) is 0.890. The number of hydrogen-bond acceptors (Lipinski definition) is 6. The molecule has 214 valence electrons. The molecule has 1 saturated heterocycles. The van der Waals surface area contributed by atoms with Gasteiger partial charge in [-0.1, -0.05) is 72.3 Å². The normalized spacial score (nSPS) is 14.1. The number of aromatic nitrogens is 2. The summed E-state index contributed by atoms with van der Waals surface area (Å²) in [6, 6.07) is 25.0. The second-order valence-electron chi connectivity index (χ2n) is 9.69. The highest BCUT2D eigenvalue weighted by Gasteiger charge is 2.32. The molecule has 0 spiro atoms. The lowest BCUT2D eigenvalue weighted by Gasteiger charge is -2.13. The third-order valence-electron chi connectivity index (χ3n) is 6.64. The molecule has 1 fully saturated rings. The summed E-state index contributed by atoms with van der Waals surface area (Å²) in [4.78, 5) is 26.2. The summed E-state index contributed by atoms with van der Waals surface area (Å²) in [5.41, 5.74) is 4.31. The summed E-state index contributed by atoms with van der Waals surface area (Å²) in [6.07, 6.45) is 5.87. The molecule has 1 N–H and O–H groups in total. The van der Waals surface area contributed by atoms with E-state index in [1.165, 1.54) is 11.8 Å². The Labute approximate surface area is 258 Å². The molecular weight excluding hydrogens is 590 g/mol. The topological polar surface area (TPSA) is 84.7 Å². The lowest BCUT2D eigenvalue weighted by atomic mass is 10.1. The van der Waals surface area contributed by atoms with Gasteiger partial charge in [-0.05, 0) is 73.0 Å². The van der Waals surface area contributed by atoms with Gasteiger partial charge in [-0.15, -0.1) is 0 Å². The number of nitrogens with zero attached hydrogens (tertiary/aromatic N) is 3. The zero-order valence-electron chi connectivity index (χ0n) is 22.6. The van der Waals surface area contributed by atoms with Crippen molar-refractivity contribution in [2.45, 2.75) is 32.3 Å². The Morgan fingerprint density at radius 3 is 2.45 bits per heavy atom. The lowest BCUT2D eigenvalue weighted by Crippen LogP contribution is -2.29. The first kappa shape index (κ1) is 29.6. The van der Waals surface area contributed by atoms with Crippen LogP contribution < -0.4 is 4.74 Å². The molecule has 1 amide bonds. The molecule has 4 aromatic rings. The first-order valence-electron chi connectivity index (χ1n) is 13.5. The Bertz CT molecular complexity index is 1600. The molecule has 1 aromatic heterocycles. The van der Waals surface area contributed by atoms with Crippen LogP contribution in [0, 0.1) is 0 Å². The quantitative estimate of drug-likeness (QED) is 0.0994. The monoisotopic (exact) mass is 617 g/mol. The summed E-state index contributed by atoms with van der Waals surface area (Å²) < 4.78 is 8.26. The fraction of sp³-hybridized carbons (Fsp3) is 0.188. The average molecular weight is 618 g/mol. The highest BCUT2D eigenvalue weighted by molar-refractivity contribution is 8.26. The van der Waals surface area contributed by atoms with E-state index in [4.69, 9.17) is 38.8 Å². The number of thiocarbonyl (C=S) groups is 1. The first-order valence-corrected chi connectivity index (χ1v) is 15.1. The largest absolute Gasteiger partial charge is 0.489 e. The minimum Gasteiger partial charge on any atom is -0.489 e. The van der Waals surface area contributed by atoms with Crippen molar-refractivity contribution in [1.29, 1.82) is 0 Å². The molecule has 3 aromatic carbocycles. The number of thioether (sulfide) groups is 1. The number of halogens is 1. The van der Waals surface area contributed by atoms with Crippen LogP contribution in [-0.2, 0) is 16.2 Å². The van der Waals surface area contributed by atoms with Crippen molar-refractivity contribution in [3.05, 3.63) is 106 Å². The van der Waals surface area contributed by atoms with Crippen LogP contribution in [0.2, 0.25) is 5.02 Å². The number of carbonyl (C=O) groups excluding carboxylic acids is 1. The molecule has 42 heavy (non-hydrogen) atoms. The molecule has 0 unspecified atom stereocenters. The van der Waals surface area contributed by atoms with E-state index in [1.54, 1.807) is 9.58 Å². The van der Waals surface area contributed by atoms with Gasteiger partial charge in [0.1, 0.15) is 16.7 Å². The number of rotatable bonds is 12. The van der Waals surface area contributed by atoms with Gasteiger partial charge in [0.15, 0.2) is 0 Å². The van der Waals surface area contributed by atoms with Crippen LogP contribution >= 0.6 is 35.6 Å². The van der Waals surface area contributed by atoms with Gasteiger partial charge in [0.25, 0.3) is 5.91 Å². The highest BCUT2D eigenvalue weighted by atomic mass is 35.5. The molecule has 0 radical (unpaired) electrons. The van der Waals surface area contributed by atoms with Gasteiger partial charge >= 0.3 is 5.97 Å². The van der Waals surface area contributed by atoms with Crippen molar-refractivity contribution >= 4 is 57.9 Å². The van der Waals surface area contributed by atoms with Crippen LogP contribution in [0.15, 0.2) is 90.0 Å². The number of para-hydroxylation sites is 1. The van der Waals surface area contributed by atoms with Gasteiger partial charge in [-0.25, -0.2) is 4.68 Å². The smallest absolute Gasteiger partial charge is 0.303 e. The maximum absolute atomic E-state index is 13.3. The van der Waals surface area contributed by atoms with E-state index in [2.05, 4.69) is 0 Å². The molecule has 0 atom stereocenters. The molecular formula is C32H28ClN3O4S2. The Morgan fingerprint density at radius 2 is 1.74 bits per heavy atom. The van der Waals surface area contributed by atoms with Crippen molar-refractivity contribution < 1.29 is 19.4 Å². The third kappa shape index (κ3) is 7.47. The Morgan fingerprint density at radius 1 is 1.00 bits per heavy atom. The second-order valence-corrected chi connectivity index (χ2v) is 11.8. The molecule has 10 heteroatoms. The standard InChI is InChI=1S/C32H28ClN3O4S2/c33-25-14-10-22(11-15-25)21-40-27-16-12-23(13-17-27)30-24(20-36(34-30)26-7-3-1-4-8-26)19-28-31(39)35(32(41)42-28)18-6-2-5-9-29(37)38/h1,3-4,7-8,10-17,19-20H,2,5-6,9,18,21H2,(H,37,38)/b28-19-. The summed E-state index contributed by atoms with van der Waals surface area (Å²) in [5.74, 6) is -0.231. The summed E-state index contributed by atoms with van der Waals surface area (Å²) in [5, 5.41) is 14.4. The van der Waals surface area contributed by atoms with E-state index in [9.17, 15) is 9.59 Å². The number of carboxylic acid groups (broad SMARTS) is 1. The van der Waals surface area contributed by atoms with Gasteiger partial charge < -0.3 is 9.84 Å². The predicted octanol–water partition coefficient (Wildman–Crippen LogP) is 7.62. The number of hydrogen-bond donors (Lipinski definition) is 1. The molecule has 5 rings (SSSR count). The van der Waals surface area contributed by atoms with Gasteiger partial charge in [0.05, 0.1) is 16.3 Å². The maximum atomic E-state index is 13.3. The minimum atomic E-state index is -0.810. The number of carbonyl (C=O) groups is 2. The fourth-order valence-electron chi connectivity index (χ4n) is 4.44. The van der Waals surface area contributed by atoms with E-state index in [0.29, 0.717) is 40.2 Å². The van der Waals surface area contributed by atoms with E-state index in [-0.39, 0.29) is 12.3 Å². The van der Waals surface area contributed by atoms with Crippen LogP contribution in [0.4, 0.5) is 0 Å². The molecule has 1 aliphatic rings. The van der Waals surface area contributed by atoms with Crippen LogP contribution in [-0.4, -0.2) is 42.5 Å². The van der Waals surface area contributed by atoms with Crippen LogP contribution in [0.3, 0.4) is 0 Å². The van der Waals surface area contributed by atoms with Crippen molar-refractivity contribution in [1.82, 2.24) is 14.7 Å². The summed E-state index contributed by atoms with van der Waals surface area (Å²) in [7, 11) is 0. The van der Waals surface area contributed by atoms with Crippen molar-refractivity contribution in [2.75, 3.05) is 6.54 Å². The van der Waals surface area contributed by atoms with Gasteiger partial charge in [-0.2, -0.15) is 5.10 Å². The van der Waals surface area contributed by atoms with Crippen molar-refractivity contribution in [3.8, 4) is 22.7 Å². The summed E-state index contributed by atoms with van der Waals surface area (Å²) >= 11 is 12.8. The molecule has 0 saturated carbocycles. The van der Waals surface area contributed by atoms with E-state index in [1.807, 2.05) is 91.1 Å². The zero-order valence-corrected chi connectivity index (χ0v) is 25.0. The second kappa shape index (κ2) is 13.8. The van der Waals surface area contributed by atoms with E-state index in [0.717, 1.165) is 40.2 Å². The Hall–Kier alpha value is -3.92. The Balaban J connectivity index is 1.36. The van der Waals surface area contributed by atoms with Gasteiger partial charge in [-0.3, -0.25) is 14.5 Å². The number of amides is 1. The van der Waals surface area contributed by atoms with Crippen molar-refractivity contribution in [2.24, 2.45) is 0 Å². The van der Waals surface area contributed by atoms with E-state index < -0.39 is 5.97 Å². The maximum Gasteiger partial charge on any atom is 0.303 e. The minimum absolute atomic E-state index is 0.127. The van der Waals surface area contributed by atoms with Gasteiger partial charge in [0.2, 0.25) is 0 Å². The van der Waals surface area contributed by atoms with Crippen molar-refractivity contribution in [3.63, 3.8) is 0 Å². The molecule has 1 aliphatic heterocycles. The Kier molecular flexibility index (Phi) is 9.74. The highest BCUT2D eigenvalue weighted by Crippen LogP contribution is 2.35. The fourth-order valence-corrected chi connectivity index (χ4v) is 5.87. The number of benzene rings is 3.